The quantitative estimate of drug-likeness (QED) is 0.572. The SMILES string of the molecule is CC[O][Sb]([O]CCC(C)C)[O]CCC(C)C. The Morgan fingerprint density at radius 2 is 1.25 bits per heavy atom. The summed E-state index contributed by atoms with van der Waals surface area (Å²) in [6.07, 6.45) is 2.17. The molecule has 0 bridgehead atoms. The summed E-state index contributed by atoms with van der Waals surface area (Å²) in [5.41, 5.74) is 0. The third-order valence-electron chi connectivity index (χ3n) is 2.02. The van der Waals surface area contributed by atoms with E-state index in [-0.39, 0.29) is 0 Å². The van der Waals surface area contributed by atoms with Gasteiger partial charge < -0.3 is 0 Å². The van der Waals surface area contributed by atoms with E-state index in [1.54, 1.807) is 0 Å². The van der Waals surface area contributed by atoms with Crippen molar-refractivity contribution in [3.8, 4) is 0 Å². The zero-order valence-electron chi connectivity index (χ0n) is 11.4. The summed E-state index contributed by atoms with van der Waals surface area (Å²) in [5.74, 6) is 1.36. The second-order valence-corrected chi connectivity index (χ2v) is 8.16. The molecular formula is C12H27O3Sb. The standard InChI is InChI=1S/2C5H11O.C2H5O.Sb/c2*1-5(2)3-4-6;1-2-3;/h2*5H,3-4H2,1-2H3;2H2,1H3;/q3*-1;+3. The van der Waals surface area contributed by atoms with E-state index in [0.717, 1.165) is 26.1 Å². The fraction of sp³-hybridized carbons (Fsp3) is 1.00. The fourth-order valence-corrected chi connectivity index (χ4v) is 3.64. The van der Waals surface area contributed by atoms with E-state index in [9.17, 15) is 0 Å². The van der Waals surface area contributed by atoms with Crippen LogP contribution in [0.1, 0.15) is 47.5 Å². The predicted octanol–water partition coefficient (Wildman–Crippen LogP) is 3.13. The molecule has 98 valence electrons. The van der Waals surface area contributed by atoms with Gasteiger partial charge in [-0.1, -0.05) is 0 Å². The average molecular weight is 341 g/mol. The fourth-order valence-electron chi connectivity index (χ4n) is 0.943. The molecule has 0 radical (unpaired) electrons. The zero-order chi connectivity index (χ0) is 12.4. The van der Waals surface area contributed by atoms with Crippen LogP contribution in [-0.2, 0) is 9.05 Å². The molecule has 0 fully saturated rings. The molecule has 0 saturated carbocycles. The summed E-state index contributed by atoms with van der Waals surface area (Å²) in [7, 11) is 0. The van der Waals surface area contributed by atoms with Crippen molar-refractivity contribution >= 4 is 21.5 Å². The number of hydrogen-bond donors (Lipinski definition) is 0. The number of rotatable bonds is 10. The molecule has 0 saturated heterocycles. The van der Waals surface area contributed by atoms with Crippen LogP contribution < -0.4 is 0 Å². The summed E-state index contributed by atoms with van der Waals surface area (Å²) in [5, 5.41) is 0. The molecule has 0 aliphatic rings. The van der Waals surface area contributed by atoms with E-state index in [4.69, 9.17) is 9.05 Å². The summed E-state index contributed by atoms with van der Waals surface area (Å²) in [6, 6.07) is 0. The molecule has 0 spiro atoms. The van der Waals surface area contributed by atoms with Gasteiger partial charge in [0.1, 0.15) is 0 Å². The van der Waals surface area contributed by atoms with Crippen molar-refractivity contribution in [1.29, 1.82) is 0 Å². The Morgan fingerprint density at radius 1 is 0.812 bits per heavy atom. The van der Waals surface area contributed by atoms with Crippen LogP contribution in [0.3, 0.4) is 0 Å². The van der Waals surface area contributed by atoms with Crippen molar-refractivity contribution in [2.24, 2.45) is 11.8 Å². The van der Waals surface area contributed by atoms with Crippen LogP contribution in [0.4, 0.5) is 0 Å². The van der Waals surface area contributed by atoms with E-state index in [2.05, 4.69) is 27.7 Å². The van der Waals surface area contributed by atoms with Gasteiger partial charge in [0.25, 0.3) is 0 Å². The third kappa shape index (κ3) is 11.2. The van der Waals surface area contributed by atoms with Gasteiger partial charge in [0, 0.05) is 0 Å². The van der Waals surface area contributed by atoms with Gasteiger partial charge in [-0.25, -0.2) is 0 Å². The minimum atomic E-state index is -2.29. The molecular weight excluding hydrogens is 314 g/mol. The Balaban J connectivity index is 3.61. The predicted molar refractivity (Wildman–Crippen MR) is 68.2 cm³/mol. The van der Waals surface area contributed by atoms with Gasteiger partial charge in [-0.05, 0) is 0 Å². The van der Waals surface area contributed by atoms with Crippen LogP contribution in [0.25, 0.3) is 0 Å². The van der Waals surface area contributed by atoms with Gasteiger partial charge >= 0.3 is 110 Å². The molecule has 3 nitrogen and oxygen atoms in total. The van der Waals surface area contributed by atoms with Gasteiger partial charge in [0.2, 0.25) is 0 Å². The molecule has 0 aliphatic heterocycles. The maximum absolute atomic E-state index is 5.71. The van der Waals surface area contributed by atoms with Crippen LogP contribution in [0, 0.1) is 11.8 Å². The van der Waals surface area contributed by atoms with E-state index in [0.29, 0.717) is 18.4 Å². The molecule has 0 unspecified atom stereocenters. The van der Waals surface area contributed by atoms with E-state index in [1.807, 2.05) is 6.92 Å². The average Bonchev–Trinajstić information content (AvgIpc) is 2.16. The Hall–Kier alpha value is 0.698. The molecule has 0 atom stereocenters. The van der Waals surface area contributed by atoms with Crippen molar-refractivity contribution in [1.82, 2.24) is 0 Å². The van der Waals surface area contributed by atoms with Crippen LogP contribution in [-0.4, -0.2) is 41.3 Å². The molecule has 16 heavy (non-hydrogen) atoms. The molecule has 0 N–H and O–H groups in total. The van der Waals surface area contributed by atoms with Gasteiger partial charge in [-0.15, -0.1) is 0 Å². The maximum atomic E-state index is 5.71. The van der Waals surface area contributed by atoms with Crippen LogP contribution in [0.5, 0.6) is 0 Å². The van der Waals surface area contributed by atoms with Crippen molar-refractivity contribution in [3.05, 3.63) is 0 Å². The Morgan fingerprint density at radius 3 is 1.56 bits per heavy atom. The number of hydrogen-bond acceptors (Lipinski definition) is 3. The van der Waals surface area contributed by atoms with Crippen LogP contribution in [0.15, 0.2) is 0 Å². The van der Waals surface area contributed by atoms with Gasteiger partial charge in [-0.2, -0.15) is 0 Å². The summed E-state index contributed by atoms with van der Waals surface area (Å²) >= 11 is -2.29. The Kier molecular flexibility index (Phi) is 11.3. The normalized spacial score (nSPS) is 12.0. The first kappa shape index (κ1) is 16.7. The van der Waals surface area contributed by atoms with Crippen molar-refractivity contribution in [2.75, 3.05) is 19.8 Å². The molecule has 0 aliphatic carbocycles. The van der Waals surface area contributed by atoms with E-state index >= 15 is 0 Å². The van der Waals surface area contributed by atoms with E-state index in [1.165, 1.54) is 0 Å². The first-order chi connectivity index (χ1) is 7.56. The molecule has 0 aromatic heterocycles. The summed E-state index contributed by atoms with van der Waals surface area (Å²) in [6.45, 7) is 13.1. The topological polar surface area (TPSA) is 27.7 Å². The van der Waals surface area contributed by atoms with Crippen molar-refractivity contribution < 1.29 is 9.05 Å². The Bertz CT molecular complexity index is 137. The molecule has 0 heterocycles. The minimum absolute atomic E-state index is 0.680. The van der Waals surface area contributed by atoms with Gasteiger partial charge in [0.05, 0.1) is 0 Å². The molecule has 0 amide bonds. The second-order valence-electron chi connectivity index (χ2n) is 4.67. The Labute approximate surface area is 109 Å². The monoisotopic (exact) mass is 340 g/mol. The first-order valence-corrected chi connectivity index (χ1v) is 9.37. The summed E-state index contributed by atoms with van der Waals surface area (Å²) < 4.78 is 17.0. The summed E-state index contributed by atoms with van der Waals surface area (Å²) in [4.78, 5) is 0. The zero-order valence-corrected chi connectivity index (χ0v) is 13.9. The van der Waals surface area contributed by atoms with Crippen LogP contribution >= 0.6 is 0 Å². The second kappa shape index (κ2) is 10.8. The van der Waals surface area contributed by atoms with Crippen molar-refractivity contribution in [2.45, 2.75) is 47.5 Å². The van der Waals surface area contributed by atoms with Crippen molar-refractivity contribution in [3.63, 3.8) is 0 Å². The van der Waals surface area contributed by atoms with E-state index < -0.39 is 21.5 Å². The molecule has 0 aromatic carbocycles. The first-order valence-electron chi connectivity index (χ1n) is 6.25. The van der Waals surface area contributed by atoms with Gasteiger partial charge in [-0.3, -0.25) is 0 Å². The van der Waals surface area contributed by atoms with Crippen LogP contribution in [0.2, 0.25) is 0 Å². The third-order valence-corrected chi connectivity index (χ3v) is 5.60. The van der Waals surface area contributed by atoms with Gasteiger partial charge in [0.15, 0.2) is 0 Å². The molecule has 0 aromatic rings. The molecule has 0 rings (SSSR count). The molecule has 4 heteroatoms.